The highest BCUT2D eigenvalue weighted by Gasteiger charge is 2.36. The SMILES string of the molecule is CCC(C)(C(=O)On1ccc2c(N)cccc21)c1ccc(Cl)cc1. The van der Waals surface area contributed by atoms with E-state index in [1.54, 1.807) is 18.3 Å². The van der Waals surface area contributed by atoms with Gasteiger partial charge in [0.2, 0.25) is 0 Å². The molecule has 4 nitrogen and oxygen atoms in total. The van der Waals surface area contributed by atoms with Crippen LogP contribution in [0.3, 0.4) is 0 Å². The molecule has 2 N–H and O–H groups in total. The summed E-state index contributed by atoms with van der Waals surface area (Å²) in [5, 5.41) is 1.49. The van der Waals surface area contributed by atoms with Crippen LogP contribution >= 0.6 is 11.6 Å². The molecule has 2 aromatic carbocycles. The first kappa shape index (κ1) is 16.4. The van der Waals surface area contributed by atoms with E-state index < -0.39 is 5.41 Å². The van der Waals surface area contributed by atoms with Crippen molar-refractivity contribution in [3.63, 3.8) is 0 Å². The van der Waals surface area contributed by atoms with Crippen molar-refractivity contribution in [3.8, 4) is 0 Å². The summed E-state index contributed by atoms with van der Waals surface area (Å²) >= 11 is 5.95. The minimum atomic E-state index is -0.762. The molecule has 0 saturated heterocycles. The predicted molar refractivity (Wildman–Crippen MR) is 97.0 cm³/mol. The lowest BCUT2D eigenvalue weighted by molar-refractivity contribution is -0.150. The molecule has 5 heteroatoms. The maximum Gasteiger partial charge on any atom is 0.343 e. The maximum atomic E-state index is 12.9. The molecule has 0 aliphatic carbocycles. The number of nitrogens with zero attached hydrogens (tertiary/aromatic N) is 1. The van der Waals surface area contributed by atoms with E-state index in [1.807, 2.05) is 50.2 Å². The molecule has 1 heterocycles. The number of carbonyl (C=O) groups is 1. The Labute approximate surface area is 145 Å². The number of benzene rings is 2. The molecule has 1 aromatic heterocycles. The lowest BCUT2D eigenvalue weighted by Gasteiger charge is -2.26. The molecule has 3 rings (SSSR count). The molecule has 0 aliphatic rings. The fourth-order valence-corrected chi connectivity index (χ4v) is 2.85. The van der Waals surface area contributed by atoms with E-state index in [0.717, 1.165) is 16.5 Å². The van der Waals surface area contributed by atoms with Crippen LogP contribution in [0.2, 0.25) is 5.02 Å². The van der Waals surface area contributed by atoms with Crippen molar-refractivity contribution in [2.75, 3.05) is 5.73 Å². The smallest absolute Gasteiger partial charge is 0.343 e. The summed E-state index contributed by atoms with van der Waals surface area (Å²) in [6.07, 6.45) is 2.31. The summed E-state index contributed by atoms with van der Waals surface area (Å²) in [6.45, 7) is 3.83. The Morgan fingerprint density at radius 3 is 2.58 bits per heavy atom. The molecule has 0 radical (unpaired) electrons. The van der Waals surface area contributed by atoms with Crippen molar-refractivity contribution >= 4 is 34.2 Å². The second kappa shape index (κ2) is 6.21. The van der Waals surface area contributed by atoms with Gasteiger partial charge in [-0.15, -0.1) is 0 Å². The van der Waals surface area contributed by atoms with Crippen molar-refractivity contribution in [1.29, 1.82) is 0 Å². The van der Waals surface area contributed by atoms with Crippen molar-refractivity contribution in [1.82, 2.24) is 4.73 Å². The molecular weight excluding hydrogens is 324 g/mol. The Morgan fingerprint density at radius 2 is 1.92 bits per heavy atom. The summed E-state index contributed by atoms with van der Waals surface area (Å²) in [5.74, 6) is -0.327. The van der Waals surface area contributed by atoms with Crippen molar-refractivity contribution < 1.29 is 9.63 Å². The van der Waals surface area contributed by atoms with Crippen LogP contribution in [-0.4, -0.2) is 10.7 Å². The van der Waals surface area contributed by atoms with Crippen LogP contribution in [0.4, 0.5) is 5.69 Å². The third-order valence-electron chi connectivity index (χ3n) is 4.55. The number of hydrogen-bond acceptors (Lipinski definition) is 3. The highest BCUT2D eigenvalue weighted by atomic mass is 35.5. The Morgan fingerprint density at radius 1 is 1.21 bits per heavy atom. The minimum Gasteiger partial charge on any atom is -0.398 e. The number of carbonyl (C=O) groups excluding carboxylic acids is 1. The molecule has 0 aliphatic heterocycles. The zero-order valence-electron chi connectivity index (χ0n) is 13.6. The Bertz CT molecular complexity index is 886. The average molecular weight is 343 g/mol. The first-order chi connectivity index (χ1) is 11.5. The van der Waals surface area contributed by atoms with Gasteiger partial charge in [0.05, 0.1) is 10.9 Å². The van der Waals surface area contributed by atoms with Crippen LogP contribution in [0.1, 0.15) is 25.8 Å². The molecule has 1 atom stereocenters. The summed E-state index contributed by atoms with van der Waals surface area (Å²) in [7, 11) is 0. The molecule has 3 aromatic rings. The van der Waals surface area contributed by atoms with Crippen LogP contribution in [-0.2, 0) is 10.2 Å². The topological polar surface area (TPSA) is 57.2 Å². The largest absolute Gasteiger partial charge is 0.398 e. The Kier molecular flexibility index (Phi) is 4.24. The van der Waals surface area contributed by atoms with Crippen LogP contribution in [0.5, 0.6) is 0 Å². The highest BCUT2D eigenvalue weighted by Crippen LogP contribution is 2.30. The number of rotatable bonds is 4. The van der Waals surface area contributed by atoms with Gasteiger partial charge in [0.1, 0.15) is 0 Å². The fraction of sp³-hybridized carbons (Fsp3) is 0.211. The average Bonchev–Trinajstić information content (AvgIpc) is 2.99. The lowest BCUT2D eigenvalue weighted by atomic mass is 9.80. The summed E-state index contributed by atoms with van der Waals surface area (Å²) in [4.78, 5) is 18.5. The number of nitrogens with two attached hydrogens (primary N) is 1. The van der Waals surface area contributed by atoms with Crippen molar-refractivity contribution in [2.45, 2.75) is 25.7 Å². The van der Waals surface area contributed by atoms with Gasteiger partial charge in [0.15, 0.2) is 0 Å². The van der Waals surface area contributed by atoms with Crippen molar-refractivity contribution in [2.24, 2.45) is 0 Å². The Balaban J connectivity index is 1.94. The third kappa shape index (κ3) is 2.74. The fourth-order valence-electron chi connectivity index (χ4n) is 2.72. The van der Waals surface area contributed by atoms with Gasteiger partial charge in [-0.3, -0.25) is 0 Å². The second-order valence-corrected chi connectivity index (χ2v) is 6.43. The van der Waals surface area contributed by atoms with Gasteiger partial charge in [-0.1, -0.05) is 36.7 Å². The van der Waals surface area contributed by atoms with Crippen LogP contribution < -0.4 is 10.6 Å². The van der Waals surface area contributed by atoms with Gasteiger partial charge in [-0.25, -0.2) is 4.79 Å². The van der Waals surface area contributed by atoms with E-state index in [4.69, 9.17) is 22.2 Å². The second-order valence-electron chi connectivity index (χ2n) is 5.99. The van der Waals surface area contributed by atoms with Gasteiger partial charge in [0.25, 0.3) is 0 Å². The number of anilines is 1. The molecule has 0 bridgehead atoms. The molecule has 124 valence electrons. The standard InChI is InChI=1S/C19H19ClN2O2/c1-3-19(2,13-7-9-14(20)10-8-13)18(23)24-22-12-11-15-16(21)5-4-6-17(15)22/h4-12H,3,21H2,1-2H3. The molecule has 0 saturated carbocycles. The first-order valence-electron chi connectivity index (χ1n) is 7.80. The van der Waals surface area contributed by atoms with E-state index >= 15 is 0 Å². The van der Waals surface area contributed by atoms with E-state index in [2.05, 4.69) is 0 Å². The molecule has 0 fully saturated rings. The summed E-state index contributed by atoms with van der Waals surface area (Å²) < 4.78 is 1.47. The minimum absolute atomic E-state index is 0.327. The zero-order chi connectivity index (χ0) is 17.3. The van der Waals surface area contributed by atoms with Crippen LogP contribution in [0, 0.1) is 0 Å². The van der Waals surface area contributed by atoms with E-state index in [9.17, 15) is 4.79 Å². The molecule has 0 amide bonds. The van der Waals surface area contributed by atoms with Crippen LogP contribution in [0.25, 0.3) is 10.9 Å². The quantitative estimate of drug-likeness (QED) is 0.723. The van der Waals surface area contributed by atoms with Crippen molar-refractivity contribution in [3.05, 3.63) is 65.3 Å². The first-order valence-corrected chi connectivity index (χ1v) is 8.18. The predicted octanol–water partition coefficient (Wildman–Crippen LogP) is 4.20. The third-order valence-corrected chi connectivity index (χ3v) is 4.80. The van der Waals surface area contributed by atoms with E-state index in [1.165, 1.54) is 4.73 Å². The van der Waals surface area contributed by atoms with Gasteiger partial charge < -0.3 is 10.6 Å². The van der Waals surface area contributed by atoms with Crippen LogP contribution in [0.15, 0.2) is 54.7 Å². The molecule has 0 spiro atoms. The molecule has 1 unspecified atom stereocenters. The number of halogens is 1. The van der Waals surface area contributed by atoms with Gasteiger partial charge in [0, 0.05) is 22.3 Å². The molecular formula is C19H19ClN2O2. The number of nitrogen functional groups attached to an aromatic ring is 1. The van der Waals surface area contributed by atoms with E-state index in [-0.39, 0.29) is 5.97 Å². The normalized spacial score (nSPS) is 13.6. The highest BCUT2D eigenvalue weighted by molar-refractivity contribution is 6.30. The number of fused-ring (bicyclic) bond motifs is 1. The number of aromatic nitrogens is 1. The summed E-state index contributed by atoms with van der Waals surface area (Å²) in [5.41, 5.74) is 7.47. The summed E-state index contributed by atoms with van der Waals surface area (Å²) in [6, 6.07) is 14.6. The van der Waals surface area contributed by atoms with Gasteiger partial charge in [-0.05, 0) is 49.2 Å². The maximum absolute atomic E-state index is 12.9. The monoisotopic (exact) mass is 342 g/mol. The Hall–Kier alpha value is -2.46. The lowest BCUT2D eigenvalue weighted by Crippen LogP contribution is -2.38. The van der Waals surface area contributed by atoms with Gasteiger partial charge >= 0.3 is 5.97 Å². The van der Waals surface area contributed by atoms with Gasteiger partial charge in [-0.2, -0.15) is 4.73 Å². The number of hydrogen-bond donors (Lipinski definition) is 1. The van der Waals surface area contributed by atoms with E-state index in [0.29, 0.717) is 17.1 Å². The molecule has 24 heavy (non-hydrogen) atoms. The zero-order valence-corrected chi connectivity index (χ0v) is 14.4.